The summed E-state index contributed by atoms with van der Waals surface area (Å²) in [5.41, 5.74) is 0.465. The van der Waals surface area contributed by atoms with Gasteiger partial charge < -0.3 is 5.32 Å². The molecule has 0 bridgehead atoms. The van der Waals surface area contributed by atoms with E-state index in [0.717, 1.165) is 6.21 Å². The van der Waals surface area contributed by atoms with Gasteiger partial charge in [-0.15, -0.1) is 0 Å². The number of carbonyl (C=O) groups excluding carboxylic acids is 2. The van der Waals surface area contributed by atoms with Crippen molar-refractivity contribution in [1.29, 1.82) is 0 Å². The number of nitrogens with zero attached hydrogens (tertiary/aromatic N) is 1. The number of amides is 2. The fourth-order valence-corrected chi connectivity index (χ4v) is 0.837. The predicted molar refractivity (Wildman–Crippen MR) is 53.3 cm³/mol. The molecule has 0 unspecified atom stereocenters. The van der Waals surface area contributed by atoms with Gasteiger partial charge in [-0.1, -0.05) is 18.2 Å². The molecule has 14 heavy (non-hydrogen) atoms. The van der Waals surface area contributed by atoms with Crippen LogP contribution in [0.4, 0.5) is 0 Å². The third-order valence-electron chi connectivity index (χ3n) is 1.57. The van der Waals surface area contributed by atoms with E-state index in [-0.39, 0.29) is 0 Å². The molecule has 0 aliphatic rings. The van der Waals surface area contributed by atoms with Crippen LogP contribution in [0.25, 0.3) is 0 Å². The summed E-state index contributed by atoms with van der Waals surface area (Å²) in [5.74, 6) is -0.816. The molecule has 1 aromatic carbocycles. The maximum Gasteiger partial charge on any atom is 0.277 e. The zero-order valence-electron chi connectivity index (χ0n) is 7.73. The molecule has 4 heteroatoms. The molecule has 1 aromatic rings. The van der Waals surface area contributed by atoms with Crippen LogP contribution in [-0.2, 0) is 4.79 Å². The van der Waals surface area contributed by atoms with Crippen molar-refractivity contribution in [2.24, 2.45) is 4.99 Å². The van der Waals surface area contributed by atoms with Crippen molar-refractivity contribution in [3.8, 4) is 0 Å². The minimum absolute atomic E-state index is 0.394. The fourth-order valence-electron chi connectivity index (χ4n) is 0.837. The van der Waals surface area contributed by atoms with Crippen molar-refractivity contribution in [3.05, 3.63) is 35.9 Å². The molecule has 0 fully saturated rings. The Labute approximate surface area is 81.7 Å². The highest BCUT2D eigenvalue weighted by molar-refractivity contribution is 6.28. The molecule has 4 nitrogen and oxygen atoms in total. The first kappa shape index (κ1) is 10.1. The molecule has 0 aromatic heterocycles. The molecule has 2 amide bonds. The number of rotatable bonds is 2. The summed E-state index contributed by atoms with van der Waals surface area (Å²) in [5, 5.41) is 2.33. The van der Waals surface area contributed by atoms with Crippen molar-refractivity contribution in [2.45, 2.75) is 0 Å². The smallest absolute Gasteiger partial charge is 0.277 e. The maximum atomic E-state index is 11.3. The third-order valence-corrected chi connectivity index (χ3v) is 1.57. The van der Waals surface area contributed by atoms with Crippen LogP contribution in [0.3, 0.4) is 0 Å². The standard InChI is InChI=1S/C10H10N2O2/c1-11-9(13)7-12-10(14)8-5-3-2-4-6-8/h2-7H,1H3,(H,11,13). The van der Waals surface area contributed by atoms with Crippen LogP contribution in [0.5, 0.6) is 0 Å². The van der Waals surface area contributed by atoms with Crippen LogP contribution in [0, 0.1) is 0 Å². The minimum Gasteiger partial charge on any atom is -0.354 e. The summed E-state index contributed by atoms with van der Waals surface area (Å²) >= 11 is 0. The lowest BCUT2D eigenvalue weighted by atomic mass is 10.2. The van der Waals surface area contributed by atoms with E-state index in [1.54, 1.807) is 30.3 Å². The first-order valence-corrected chi connectivity index (χ1v) is 4.09. The SMILES string of the molecule is CNC(=O)C=NC(=O)c1ccccc1. The van der Waals surface area contributed by atoms with E-state index < -0.39 is 11.8 Å². The van der Waals surface area contributed by atoms with Gasteiger partial charge in [0.15, 0.2) is 0 Å². The van der Waals surface area contributed by atoms with Crippen molar-refractivity contribution in [2.75, 3.05) is 7.05 Å². The molecule has 72 valence electrons. The normalized spacial score (nSPS) is 10.1. The fraction of sp³-hybridized carbons (Fsp3) is 0.100. The molecule has 0 saturated carbocycles. The summed E-state index contributed by atoms with van der Waals surface area (Å²) < 4.78 is 0. The highest BCUT2D eigenvalue weighted by Crippen LogP contribution is 1.99. The van der Waals surface area contributed by atoms with Gasteiger partial charge in [-0.3, -0.25) is 9.59 Å². The zero-order valence-corrected chi connectivity index (χ0v) is 7.73. The van der Waals surface area contributed by atoms with E-state index in [9.17, 15) is 9.59 Å². The lowest BCUT2D eigenvalue weighted by Crippen LogP contribution is -2.19. The van der Waals surface area contributed by atoms with Crippen molar-refractivity contribution in [3.63, 3.8) is 0 Å². The monoisotopic (exact) mass is 190 g/mol. The van der Waals surface area contributed by atoms with Gasteiger partial charge >= 0.3 is 0 Å². The van der Waals surface area contributed by atoms with Gasteiger partial charge in [-0.2, -0.15) is 0 Å². The van der Waals surface area contributed by atoms with Crippen LogP contribution in [0.1, 0.15) is 10.4 Å². The zero-order chi connectivity index (χ0) is 10.4. The highest BCUT2D eigenvalue weighted by Gasteiger charge is 2.01. The molecule has 1 rings (SSSR count). The number of benzene rings is 1. The highest BCUT2D eigenvalue weighted by atomic mass is 16.2. The van der Waals surface area contributed by atoms with Gasteiger partial charge in [0.1, 0.15) is 0 Å². The van der Waals surface area contributed by atoms with Gasteiger partial charge in [0, 0.05) is 12.6 Å². The number of carbonyl (C=O) groups is 2. The predicted octanol–water partition coefficient (Wildman–Crippen LogP) is 0.644. The van der Waals surface area contributed by atoms with E-state index in [1.165, 1.54) is 7.05 Å². The second kappa shape index (κ2) is 4.91. The average Bonchev–Trinajstić information content (AvgIpc) is 2.26. The van der Waals surface area contributed by atoms with Crippen molar-refractivity contribution in [1.82, 2.24) is 5.32 Å². The molecule has 0 radical (unpaired) electrons. The van der Waals surface area contributed by atoms with Crippen LogP contribution in [0.15, 0.2) is 35.3 Å². The van der Waals surface area contributed by atoms with Gasteiger partial charge in [0.25, 0.3) is 11.8 Å². The molecule has 0 aliphatic heterocycles. The van der Waals surface area contributed by atoms with Crippen LogP contribution in [0.2, 0.25) is 0 Å². The Morgan fingerprint density at radius 2 is 1.93 bits per heavy atom. The lowest BCUT2D eigenvalue weighted by molar-refractivity contribution is -0.113. The van der Waals surface area contributed by atoms with E-state index in [1.807, 2.05) is 0 Å². The van der Waals surface area contributed by atoms with E-state index >= 15 is 0 Å². The molecule has 1 N–H and O–H groups in total. The lowest BCUT2D eigenvalue weighted by Gasteiger charge is -1.93. The van der Waals surface area contributed by atoms with Crippen LogP contribution in [-0.4, -0.2) is 25.1 Å². The average molecular weight is 190 g/mol. The molecule has 0 aliphatic carbocycles. The molecular weight excluding hydrogens is 180 g/mol. The Morgan fingerprint density at radius 3 is 2.50 bits per heavy atom. The molecular formula is C10H10N2O2. The largest absolute Gasteiger partial charge is 0.354 e. The summed E-state index contributed by atoms with van der Waals surface area (Å²) in [6.07, 6.45) is 0.968. The summed E-state index contributed by atoms with van der Waals surface area (Å²) in [6.45, 7) is 0. The Hall–Kier alpha value is -1.97. The Morgan fingerprint density at radius 1 is 1.29 bits per heavy atom. The summed E-state index contributed by atoms with van der Waals surface area (Å²) in [4.78, 5) is 25.5. The molecule has 0 heterocycles. The maximum absolute atomic E-state index is 11.3. The molecule has 0 saturated heterocycles. The number of aliphatic imine (C=N–C) groups is 1. The second-order valence-electron chi connectivity index (χ2n) is 2.54. The number of hydrogen-bond donors (Lipinski definition) is 1. The Balaban J connectivity index is 2.69. The third kappa shape index (κ3) is 2.82. The van der Waals surface area contributed by atoms with E-state index in [0.29, 0.717) is 5.56 Å². The molecule has 0 atom stereocenters. The van der Waals surface area contributed by atoms with E-state index in [4.69, 9.17) is 0 Å². The van der Waals surface area contributed by atoms with Crippen LogP contribution >= 0.6 is 0 Å². The second-order valence-corrected chi connectivity index (χ2v) is 2.54. The quantitative estimate of drug-likeness (QED) is 0.696. The van der Waals surface area contributed by atoms with Gasteiger partial charge in [-0.05, 0) is 12.1 Å². The van der Waals surface area contributed by atoms with Gasteiger partial charge in [0.05, 0.1) is 6.21 Å². The van der Waals surface area contributed by atoms with Crippen molar-refractivity contribution < 1.29 is 9.59 Å². The first-order valence-electron chi connectivity index (χ1n) is 4.09. The Bertz CT molecular complexity index is 358. The number of nitrogens with one attached hydrogen (secondary N) is 1. The topological polar surface area (TPSA) is 58.5 Å². The Kier molecular flexibility index (Phi) is 3.55. The minimum atomic E-state index is -0.422. The molecule has 0 spiro atoms. The van der Waals surface area contributed by atoms with Gasteiger partial charge in [0.2, 0.25) is 0 Å². The van der Waals surface area contributed by atoms with Crippen LogP contribution < -0.4 is 5.32 Å². The number of hydrogen-bond acceptors (Lipinski definition) is 2. The van der Waals surface area contributed by atoms with Gasteiger partial charge in [-0.25, -0.2) is 4.99 Å². The summed E-state index contributed by atoms with van der Waals surface area (Å²) in [7, 11) is 1.47. The van der Waals surface area contributed by atoms with E-state index in [2.05, 4.69) is 10.3 Å². The first-order chi connectivity index (χ1) is 6.74. The van der Waals surface area contributed by atoms with Crippen molar-refractivity contribution >= 4 is 18.0 Å². The summed E-state index contributed by atoms with van der Waals surface area (Å²) in [6, 6.07) is 8.57.